The molecule has 1 aromatic rings. The molecule has 3 nitrogen and oxygen atoms in total. The Morgan fingerprint density at radius 3 is 2.75 bits per heavy atom. The van der Waals surface area contributed by atoms with E-state index in [9.17, 15) is 0 Å². The fraction of sp³-hybridized carbons (Fsp3) is 0.333. The van der Waals surface area contributed by atoms with Crippen LogP contribution in [0.25, 0.3) is 6.08 Å². The first-order valence-electron chi connectivity index (χ1n) is 4.98. The molecule has 88 valence electrons. The van der Waals surface area contributed by atoms with Gasteiger partial charge < -0.3 is 9.62 Å². The minimum Gasteiger partial charge on any atom is -0.493 e. The highest BCUT2D eigenvalue weighted by Crippen LogP contribution is 2.28. The van der Waals surface area contributed by atoms with E-state index in [1.165, 1.54) is 0 Å². The topological polar surface area (TPSA) is 27.7 Å². The van der Waals surface area contributed by atoms with E-state index in [0.717, 1.165) is 10.9 Å². The van der Waals surface area contributed by atoms with E-state index in [2.05, 4.69) is 15.9 Å². The van der Waals surface area contributed by atoms with Crippen LogP contribution in [0.2, 0.25) is 0 Å². The van der Waals surface area contributed by atoms with Gasteiger partial charge in [0.15, 0.2) is 5.75 Å². The number of rotatable bonds is 6. The van der Waals surface area contributed by atoms with E-state index >= 15 is 0 Å². The SMILES string of the molecule is CC=Cc1ccc(OOCCBr)c(OC)c1. The average molecular weight is 287 g/mol. The van der Waals surface area contributed by atoms with Crippen LogP contribution in [0.4, 0.5) is 0 Å². The number of halogens is 1. The number of allylic oxidation sites excluding steroid dienone is 1. The van der Waals surface area contributed by atoms with E-state index in [1.54, 1.807) is 7.11 Å². The maximum absolute atomic E-state index is 5.21. The predicted molar refractivity (Wildman–Crippen MR) is 68.1 cm³/mol. The first-order chi connectivity index (χ1) is 7.81. The number of benzene rings is 1. The lowest BCUT2D eigenvalue weighted by molar-refractivity contribution is -0.201. The average Bonchev–Trinajstić information content (AvgIpc) is 2.31. The third-order valence-corrected chi connectivity index (χ3v) is 2.18. The van der Waals surface area contributed by atoms with Gasteiger partial charge in [-0.1, -0.05) is 34.1 Å². The molecule has 0 aliphatic rings. The van der Waals surface area contributed by atoms with Crippen molar-refractivity contribution in [3.05, 3.63) is 29.8 Å². The first kappa shape index (κ1) is 13.1. The monoisotopic (exact) mass is 286 g/mol. The van der Waals surface area contributed by atoms with Crippen molar-refractivity contribution in [2.75, 3.05) is 19.0 Å². The zero-order valence-electron chi connectivity index (χ0n) is 9.40. The van der Waals surface area contributed by atoms with Gasteiger partial charge in [-0.15, -0.1) is 0 Å². The number of hydrogen-bond acceptors (Lipinski definition) is 3. The third-order valence-electron chi connectivity index (χ3n) is 1.86. The van der Waals surface area contributed by atoms with E-state index in [-0.39, 0.29) is 0 Å². The lowest BCUT2D eigenvalue weighted by Gasteiger charge is -2.09. The molecule has 0 saturated heterocycles. The lowest BCUT2D eigenvalue weighted by atomic mass is 10.2. The van der Waals surface area contributed by atoms with Gasteiger partial charge in [-0.3, -0.25) is 0 Å². The molecule has 0 spiro atoms. The number of hydrogen-bond donors (Lipinski definition) is 0. The molecule has 0 aromatic heterocycles. The smallest absolute Gasteiger partial charge is 0.207 e. The van der Waals surface area contributed by atoms with E-state index in [1.807, 2.05) is 37.3 Å². The van der Waals surface area contributed by atoms with Gasteiger partial charge in [0, 0.05) is 5.33 Å². The maximum Gasteiger partial charge on any atom is 0.207 e. The Bertz CT molecular complexity index is 350. The number of methoxy groups -OCH3 is 1. The molecule has 0 aliphatic heterocycles. The van der Waals surface area contributed by atoms with Crippen LogP contribution in [0.15, 0.2) is 24.3 Å². The van der Waals surface area contributed by atoms with Crippen molar-refractivity contribution in [2.45, 2.75) is 6.92 Å². The van der Waals surface area contributed by atoms with Crippen LogP contribution in [0, 0.1) is 0 Å². The molecule has 0 bridgehead atoms. The molecule has 1 aromatic carbocycles. The van der Waals surface area contributed by atoms with Crippen LogP contribution >= 0.6 is 15.9 Å². The Kier molecular flexibility index (Phi) is 5.96. The van der Waals surface area contributed by atoms with Crippen molar-refractivity contribution in [1.82, 2.24) is 0 Å². The summed E-state index contributed by atoms with van der Waals surface area (Å²) >= 11 is 3.25. The van der Waals surface area contributed by atoms with Gasteiger partial charge in [0.05, 0.1) is 7.11 Å². The van der Waals surface area contributed by atoms with Crippen molar-refractivity contribution >= 4 is 22.0 Å². The summed E-state index contributed by atoms with van der Waals surface area (Å²) < 4.78 is 5.21. The molecule has 0 N–H and O–H groups in total. The summed E-state index contributed by atoms with van der Waals surface area (Å²) in [7, 11) is 1.60. The van der Waals surface area contributed by atoms with Crippen molar-refractivity contribution < 1.29 is 14.5 Å². The second kappa shape index (κ2) is 7.30. The minimum atomic E-state index is 0.486. The fourth-order valence-corrected chi connectivity index (χ4v) is 1.32. The van der Waals surface area contributed by atoms with Gasteiger partial charge in [-0.25, -0.2) is 0 Å². The number of ether oxygens (including phenoxy) is 1. The zero-order chi connectivity index (χ0) is 11.8. The maximum atomic E-state index is 5.21. The van der Waals surface area contributed by atoms with Crippen LogP contribution in [0.3, 0.4) is 0 Å². The Morgan fingerprint density at radius 2 is 2.12 bits per heavy atom. The molecular formula is C12H15BrO3. The van der Waals surface area contributed by atoms with E-state index in [0.29, 0.717) is 18.1 Å². The molecule has 0 amide bonds. The second-order valence-corrected chi connectivity index (χ2v) is 3.80. The Balaban J connectivity index is 2.76. The quantitative estimate of drug-likeness (QED) is 0.347. The summed E-state index contributed by atoms with van der Waals surface area (Å²) in [5, 5.41) is 0.728. The van der Waals surface area contributed by atoms with Crippen LogP contribution in [0.5, 0.6) is 11.5 Å². The largest absolute Gasteiger partial charge is 0.493 e. The minimum absolute atomic E-state index is 0.486. The molecule has 0 heterocycles. The standard InChI is InChI=1S/C12H15BrO3/c1-3-4-10-5-6-11(12(9-10)14-2)16-15-8-7-13/h3-6,9H,7-8H2,1-2H3. The molecule has 1 rings (SSSR count). The van der Waals surface area contributed by atoms with Crippen molar-refractivity contribution in [3.63, 3.8) is 0 Å². The molecule has 4 heteroatoms. The molecule has 0 fully saturated rings. The van der Waals surface area contributed by atoms with Crippen molar-refractivity contribution in [1.29, 1.82) is 0 Å². The zero-order valence-corrected chi connectivity index (χ0v) is 11.0. The van der Waals surface area contributed by atoms with Gasteiger partial charge in [-0.05, 0) is 24.6 Å². The van der Waals surface area contributed by atoms with Gasteiger partial charge in [0.2, 0.25) is 5.75 Å². The summed E-state index contributed by atoms with van der Waals surface area (Å²) in [6, 6.07) is 5.66. The molecule has 0 saturated carbocycles. The van der Waals surface area contributed by atoms with Crippen LogP contribution in [0.1, 0.15) is 12.5 Å². The second-order valence-electron chi connectivity index (χ2n) is 3.00. The summed E-state index contributed by atoms with van der Waals surface area (Å²) in [5.74, 6) is 1.24. The Hall–Kier alpha value is -1.00. The third kappa shape index (κ3) is 3.87. The highest BCUT2D eigenvalue weighted by atomic mass is 79.9. The van der Waals surface area contributed by atoms with E-state index < -0.39 is 0 Å². The van der Waals surface area contributed by atoms with Gasteiger partial charge in [0.25, 0.3) is 0 Å². The molecular weight excluding hydrogens is 272 g/mol. The van der Waals surface area contributed by atoms with Crippen molar-refractivity contribution in [2.24, 2.45) is 0 Å². The van der Waals surface area contributed by atoms with Gasteiger partial charge in [0.1, 0.15) is 6.61 Å². The fourth-order valence-electron chi connectivity index (χ4n) is 1.19. The van der Waals surface area contributed by atoms with Crippen molar-refractivity contribution in [3.8, 4) is 11.5 Å². The molecule has 0 atom stereocenters. The van der Waals surface area contributed by atoms with Gasteiger partial charge in [-0.2, -0.15) is 4.89 Å². The van der Waals surface area contributed by atoms with Crippen LogP contribution in [-0.2, 0) is 4.89 Å². The number of alkyl halides is 1. The lowest BCUT2D eigenvalue weighted by Crippen LogP contribution is -2.01. The normalized spacial score (nSPS) is 10.7. The highest BCUT2D eigenvalue weighted by molar-refractivity contribution is 9.09. The Labute approximate surface area is 104 Å². The molecule has 0 aliphatic carbocycles. The Morgan fingerprint density at radius 1 is 1.31 bits per heavy atom. The summed E-state index contributed by atoms with van der Waals surface area (Å²) in [5.41, 5.74) is 1.06. The molecule has 0 radical (unpaired) electrons. The van der Waals surface area contributed by atoms with Crippen LogP contribution in [-0.4, -0.2) is 19.0 Å². The summed E-state index contributed by atoms with van der Waals surface area (Å²) in [6.07, 6.45) is 3.96. The summed E-state index contributed by atoms with van der Waals surface area (Å²) in [4.78, 5) is 10.1. The van der Waals surface area contributed by atoms with Crippen LogP contribution < -0.4 is 9.62 Å². The molecule has 0 unspecified atom stereocenters. The van der Waals surface area contributed by atoms with E-state index in [4.69, 9.17) is 14.5 Å². The first-order valence-corrected chi connectivity index (χ1v) is 6.10. The van der Waals surface area contributed by atoms with Gasteiger partial charge >= 0.3 is 0 Å². The summed E-state index contributed by atoms with van der Waals surface area (Å²) in [6.45, 7) is 2.45. The molecule has 16 heavy (non-hydrogen) atoms. The highest BCUT2D eigenvalue weighted by Gasteiger charge is 2.05. The predicted octanol–water partition coefficient (Wildman–Crippen LogP) is 3.43.